The van der Waals surface area contributed by atoms with Crippen LogP contribution in [0.1, 0.15) is 18.4 Å². The fraction of sp³-hybridized carbons (Fsp3) is 0.688. The molecule has 0 aromatic carbocycles. The van der Waals surface area contributed by atoms with Crippen LogP contribution in [0.4, 0.5) is 0 Å². The maximum Gasteiger partial charge on any atom is 0.0469 e. The fourth-order valence-electron chi connectivity index (χ4n) is 3.17. The molecule has 0 unspecified atom stereocenters. The lowest BCUT2D eigenvalue weighted by atomic mass is 9.99. The number of rotatable bonds is 4. The van der Waals surface area contributed by atoms with Gasteiger partial charge in [-0.05, 0) is 30.4 Å². The highest BCUT2D eigenvalue weighted by atomic mass is 16.5. The Morgan fingerprint density at radius 1 is 1.10 bits per heavy atom. The quantitative estimate of drug-likeness (QED) is 0.835. The lowest BCUT2D eigenvalue weighted by Gasteiger charge is -2.37. The molecule has 3 heterocycles. The third-order valence-electron chi connectivity index (χ3n) is 4.45. The molecule has 20 heavy (non-hydrogen) atoms. The summed E-state index contributed by atoms with van der Waals surface area (Å²) in [4.78, 5) is 9.37. The summed E-state index contributed by atoms with van der Waals surface area (Å²) in [6.45, 7) is 9.01. The van der Waals surface area contributed by atoms with E-state index in [2.05, 4.69) is 20.9 Å². The summed E-state index contributed by atoms with van der Waals surface area (Å²) in [5.41, 5.74) is 1.32. The van der Waals surface area contributed by atoms with Crippen LogP contribution in [0.15, 0.2) is 24.5 Å². The van der Waals surface area contributed by atoms with Gasteiger partial charge in [0.1, 0.15) is 0 Å². The van der Waals surface area contributed by atoms with Crippen LogP contribution in [0.25, 0.3) is 0 Å². The van der Waals surface area contributed by atoms with E-state index in [9.17, 15) is 0 Å². The van der Waals surface area contributed by atoms with Crippen molar-refractivity contribution < 1.29 is 4.74 Å². The lowest BCUT2D eigenvalue weighted by molar-refractivity contribution is 0.0415. The van der Waals surface area contributed by atoms with Crippen molar-refractivity contribution in [3.05, 3.63) is 30.1 Å². The molecule has 4 heteroatoms. The van der Waals surface area contributed by atoms with E-state index in [0.717, 1.165) is 25.7 Å². The van der Waals surface area contributed by atoms with E-state index in [4.69, 9.17) is 4.74 Å². The molecule has 0 bridgehead atoms. The largest absolute Gasteiger partial charge is 0.381 e. The van der Waals surface area contributed by atoms with Gasteiger partial charge in [-0.1, -0.05) is 6.07 Å². The van der Waals surface area contributed by atoms with Gasteiger partial charge in [0.15, 0.2) is 0 Å². The third-order valence-corrected chi connectivity index (χ3v) is 4.45. The summed E-state index contributed by atoms with van der Waals surface area (Å²) < 4.78 is 5.44. The Balaban J connectivity index is 1.40. The molecule has 0 N–H and O–H groups in total. The number of hydrogen-bond acceptors (Lipinski definition) is 4. The Morgan fingerprint density at radius 2 is 1.85 bits per heavy atom. The van der Waals surface area contributed by atoms with Gasteiger partial charge in [0.25, 0.3) is 0 Å². The van der Waals surface area contributed by atoms with Crippen LogP contribution in [-0.4, -0.2) is 60.7 Å². The van der Waals surface area contributed by atoms with Crippen LogP contribution in [-0.2, 0) is 11.3 Å². The number of pyridine rings is 1. The molecule has 2 aliphatic rings. The first-order valence-electron chi connectivity index (χ1n) is 7.81. The molecule has 0 radical (unpaired) electrons. The molecule has 0 amide bonds. The van der Waals surface area contributed by atoms with Gasteiger partial charge in [-0.15, -0.1) is 0 Å². The van der Waals surface area contributed by atoms with Crippen molar-refractivity contribution in [1.29, 1.82) is 0 Å². The molecule has 0 saturated carbocycles. The van der Waals surface area contributed by atoms with Gasteiger partial charge in [-0.25, -0.2) is 0 Å². The summed E-state index contributed by atoms with van der Waals surface area (Å²) in [5, 5.41) is 0. The van der Waals surface area contributed by atoms with Crippen LogP contribution in [0.2, 0.25) is 0 Å². The summed E-state index contributed by atoms with van der Waals surface area (Å²) >= 11 is 0. The Kier molecular flexibility index (Phi) is 5.01. The zero-order chi connectivity index (χ0) is 13.6. The first-order chi connectivity index (χ1) is 9.90. The molecule has 110 valence electrons. The van der Waals surface area contributed by atoms with Gasteiger partial charge in [0, 0.05) is 64.9 Å². The maximum atomic E-state index is 5.44. The average molecular weight is 275 g/mol. The van der Waals surface area contributed by atoms with Crippen LogP contribution >= 0.6 is 0 Å². The molecule has 2 aliphatic heterocycles. The second-order valence-corrected chi connectivity index (χ2v) is 5.99. The highest BCUT2D eigenvalue weighted by Crippen LogP contribution is 2.17. The SMILES string of the molecule is c1cncc(CN2CCN(CC3CCOCC3)CC2)c1. The molecular formula is C16H25N3O. The second-order valence-electron chi connectivity index (χ2n) is 5.99. The van der Waals surface area contributed by atoms with E-state index in [0.29, 0.717) is 0 Å². The lowest BCUT2D eigenvalue weighted by Crippen LogP contribution is -2.47. The molecule has 0 atom stereocenters. The number of hydrogen-bond donors (Lipinski definition) is 0. The molecule has 0 spiro atoms. The topological polar surface area (TPSA) is 28.6 Å². The second kappa shape index (κ2) is 7.16. The molecule has 1 aromatic rings. The third kappa shape index (κ3) is 4.01. The van der Waals surface area contributed by atoms with Crippen LogP contribution in [0, 0.1) is 5.92 Å². The van der Waals surface area contributed by atoms with E-state index in [1.54, 1.807) is 0 Å². The fourth-order valence-corrected chi connectivity index (χ4v) is 3.17. The molecule has 2 fully saturated rings. The average Bonchev–Trinajstić information content (AvgIpc) is 2.51. The molecule has 0 aliphatic carbocycles. The summed E-state index contributed by atoms with van der Waals surface area (Å²) in [7, 11) is 0. The van der Waals surface area contributed by atoms with Crippen molar-refractivity contribution >= 4 is 0 Å². The predicted octanol–water partition coefficient (Wildman–Crippen LogP) is 1.63. The minimum atomic E-state index is 0.855. The first-order valence-corrected chi connectivity index (χ1v) is 7.81. The minimum Gasteiger partial charge on any atom is -0.381 e. The Bertz CT molecular complexity index is 384. The molecule has 2 saturated heterocycles. The van der Waals surface area contributed by atoms with E-state index < -0.39 is 0 Å². The van der Waals surface area contributed by atoms with Gasteiger partial charge in [-0.3, -0.25) is 9.88 Å². The van der Waals surface area contributed by atoms with E-state index >= 15 is 0 Å². The summed E-state index contributed by atoms with van der Waals surface area (Å²) in [6.07, 6.45) is 6.32. The van der Waals surface area contributed by atoms with Crippen molar-refractivity contribution in [2.24, 2.45) is 5.92 Å². The molecule has 4 nitrogen and oxygen atoms in total. The molecular weight excluding hydrogens is 250 g/mol. The van der Waals surface area contributed by atoms with E-state index in [-0.39, 0.29) is 0 Å². The van der Waals surface area contributed by atoms with Gasteiger partial charge in [0.05, 0.1) is 0 Å². The van der Waals surface area contributed by atoms with Crippen LogP contribution < -0.4 is 0 Å². The van der Waals surface area contributed by atoms with Crippen molar-refractivity contribution in [3.63, 3.8) is 0 Å². The van der Waals surface area contributed by atoms with Crippen molar-refractivity contribution in [3.8, 4) is 0 Å². The Morgan fingerprint density at radius 3 is 2.55 bits per heavy atom. The summed E-state index contributed by atoms with van der Waals surface area (Å²) in [5.74, 6) is 0.855. The van der Waals surface area contributed by atoms with E-state index in [1.807, 2.05) is 18.5 Å². The highest BCUT2D eigenvalue weighted by molar-refractivity contribution is 5.08. The predicted molar refractivity (Wildman–Crippen MR) is 79.5 cm³/mol. The van der Waals surface area contributed by atoms with E-state index in [1.165, 1.54) is 51.1 Å². The monoisotopic (exact) mass is 275 g/mol. The Hall–Kier alpha value is -0.970. The smallest absolute Gasteiger partial charge is 0.0469 e. The summed E-state index contributed by atoms with van der Waals surface area (Å²) in [6, 6.07) is 4.19. The highest BCUT2D eigenvalue weighted by Gasteiger charge is 2.21. The number of nitrogens with zero attached hydrogens (tertiary/aromatic N) is 3. The standard InChI is InChI=1S/C16H25N3O/c1-2-16(12-17-5-1)14-19-8-6-18(7-9-19)13-15-3-10-20-11-4-15/h1-2,5,12,15H,3-4,6-11,13-14H2. The minimum absolute atomic E-state index is 0.855. The number of piperazine rings is 1. The maximum absolute atomic E-state index is 5.44. The molecule has 1 aromatic heterocycles. The molecule has 3 rings (SSSR count). The van der Waals surface area contributed by atoms with Crippen LogP contribution in [0.3, 0.4) is 0 Å². The van der Waals surface area contributed by atoms with Gasteiger partial charge in [0.2, 0.25) is 0 Å². The number of aromatic nitrogens is 1. The zero-order valence-electron chi connectivity index (χ0n) is 12.2. The van der Waals surface area contributed by atoms with Gasteiger partial charge >= 0.3 is 0 Å². The van der Waals surface area contributed by atoms with Crippen molar-refractivity contribution in [2.75, 3.05) is 45.9 Å². The van der Waals surface area contributed by atoms with Gasteiger partial charge < -0.3 is 9.64 Å². The van der Waals surface area contributed by atoms with Crippen molar-refractivity contribution in [2.45, 2.75) is 19.4 Å². The number of ether oxygens (including phenoxy) is 1. The zero-order valence-corrected chi connectivity index (χ0v) is 12.2. The first kappa shape index (κ1) is 14.0. The van der Waals surface area contributed by atoms with Crippen LogP contribution in [0.5, 0.6) is 0 Å². The Labute approximate surface area is 121 Å². The normalized spacial score (nSPS) is 23.0. The van der Waals surface area contributed by atoms with Crippen molar-refractivity contribution in [1.82, 2.24) is 14.8 Å². The van der Waals surface area contributed by atoms with Gasteiger partial charge in [-0.2, -0.15) is 0 Å².